The third-order valence-corrected chi connectivity index (χ3v) is 3.60. The minimum Gasteiger partial charge on any atom is -0.425 e. The highest BCUT2D eigenvalue weighted by Gasteiger charge is 2.18. The summed E-state index contributed by atoms with van der Waals surface area (Å²) in [6.07, 6.45) is 0. The van der Waals surface area contributed by atoms with Crippen LogP contribution in [0.4, 0.5) is 0 Å². The van der Waals surface area contributed by atoms with Crippen molar-refractivity contribution in [3.8, 4) is 17.1 Å². The molecule has 1 heterocycles. The highest BCUT2D eigenvalue weighted by atomic mass is 16.5. The first-order valence-corrected chi connectivity index (χ1v) is 8.01. The van der Waals surface area contributed by atoms with Crippen LogP contribution in [0.1, 0.15) is 23.2 Å². The molecule has 1 atom stereocenters. The lowest BCUT2D eigenvalue weighted by Crippen LogP contribution is -2.40. The van der Waals surface area contributed by atoms with E-state index in [0.29, 0.717) is 23.0 Å². The van der Waals surface area contributed by atoms with E-state index in [1.165, 1.54) is 0 Å². The molecule has 0 spiro atoms. The maximum Gasteiger partial charge on any atom is 0.333 e. The molecule has 26 heavy (non-hydrogen) atoms. The van der Waals surface area contributed by atoms with E-state index in [2.05, 4.69) is 15.5 Å². The van der Waals surface area contributed by atoms with E-state index in [-0.39, 0.29) is 5.91 Å². The topological polar surface area (TPSA) is 94.3 Å². The summed E-state index contributed by atoms with van der Waals surface area (Å²) < 4.78 is 10.2. The average Bonchev–Trinajstić information content (AvgIpc) is 3.09. The minimum absolute atomic E-state index is 0.335. The molecule has 0 aliphatic heterocycles. The summed E-state index contributed by atoms with van der Waals surface area (Å²) in [6.45, 7) is 3.28. The first kappa shape index (κ1) is 17.3. The standard InChI is InChI=1S/C19H17N3O4/c1-12(20-18(23)15-6-4-3-5-7-15)19(24)25-16-10-8-14(9-11-16)17-21-13(2)26-22-17/h3-12H,1-2H3,(H,20,23). The van der Waals surface area contributed by atoms with Crippen LogP contribution in [0.25, 0.3) is 11.4 Å². The Morgan fingerprint density at radius 3 is 2.38 bits per heavy atom. The van der Waals surface area contributed by atoms with Crippen molar-refractivity contribution in [1.82, 2.24) is 15.5 Å². The lowest BCUT2D eigenvalue weighted by atomic mass is 10.2. The quantitative estimate of drug-likeness (QED) is 0.561. The Kier molecular flexibility index (Phi) is 5.07. The lowest BCUT2D eigenvalue weighted by Gasteiger charge is -2.13. The number of rotatable bonds is 5. The fraction of sp³-hybridized carbons (Fsp3) is 0.158. The van der Waals surface area contributed by atoms with Crippen LogP contribution in [0.5, 0.6) is 5.75 Å². The van der Waals surface area contributed by atoms with E-state index >= 15 is 0 Å². The molecule has 0 aliphatic rings. The van der Waals surface area contributed by atoms with Gasteiger partial charge in [0.15, 0.2) is 0 Å². The first-order valence-electron chi connectivity index (χ1n) is 8.01. The van der Waals surface area contributed by atoms with Crippen LogP contribution < -0.4 is 10.1 Å². The summed E-state index contributed by atoms with van der Waals surface area (Å²) >= 11 is 0. The number of nitrogens with one attached hydrogen (secondary N) is 1. The van der Waals surface area contributed by atoms with Crippen molar-refractivity contribution in [2.24, 2.45) is 0 Å². The molecule has 7 nitrogen and oxygen atoms in total. The Bertz CT molecular complexity index is 904. The van der Waals surface area contributed by atoms with Crippen molar-refractivity contribution >= 4 is 11.9 Å². The Morgan fingerprint density at radius 1 is 1.08 bits per heavy atom. The van der Waals surface area contributed by atoms with Gasteiger partial charge in [-0.15, -0.1) is 0 Å². The van der Waals surface area contributed by atoms with Crippen LogP contribution in [0.3, 0.4) is 0 Å². The van der Waals surface area contributed by atoms with Crippen molar-refractivity contribution in [2.45, 2.75) is 19.9 Å². The fourth-order valence-electron chi connectivity index (χ4n) is 2.22. The molecule has 3 rings (SSSR count). The Hall–Kier alpha value is -3.48. The smallest absolute Gasteiger partial charge is 0.333 e. The molecule has 132 valence electrons. The van der Waals surface area contributed by atoms with Gasteiger partial charge in [-0.2, -0.15) is 4.98 Å². The number of aromatic nitrogens is 2. The normalized spacial score (nSPS) is 11.6. The number of carbonyl (C=O) groups is 2. The van der Waals surface area contributed by atoms with Crippen molar-refractivity contribution in [3.05, 3.63) is 66.1 Å². The largest absolute Gasteiger partial charge is 0.425 e. The minimum atomic E-state index is -0.790. The molecule has 7 heteroatoms. The van der Waals surface area contributed by atoms with Crippen molar-refractivity contribution in [3.63, 3.8) is 0 Å². The number of hydrogen-bond donors (Lipinski definition) is 1. The van der Waals surface area contributed by atoms with Gasteiger partial charge in [0.05, 0.1) is 0 Å². The highest BCUT2D eigenvalue weighted by molar-refractivity contribution is 5.96. The van der Waals surface area contributed by atoms with Crippen LogP contribution >= 0.6 is 0 Å². The molecule has 0 aliphatic carbocycles. The summed E-state index contributed by atoms with van der Waals surface area (Å²) in [5.74, 6) is 0.400. The molecule has 1 unspecified atom stereocenters. The van der Waals surface area contributed by atoms with Crippen molar-refractivity contribution in [2.75, 3.05) is 0 Å². The Morgan fingerprint density at radius 2 is 1.77 bits per heavy atom. The molecule has 0 radical (unpaired) electrons. The first-order chi connectivity index (χ1) is 12.5. The van der Waals surface area contributed by atoms with Crippen LogP contribution in [-0.4, -0.2) is 28.1 Å². The number of amides is 1. The Balaban J connectivity index is 1.59. The van der Waals surface area contributed by atoms with Crippen molar-refractivity contribution in [1.29, 1.82) is 0 Å². The monoisotopic (exact) mass is 351 g/mol. The average molecular weight is 351 g/mol. The van der Waals surface area contributed by atoms with E-state index in [0.717, 1.165) is 5.56 Å². The summed E-state index contributed by atoms with van der Waals surface area (Å²) in [5, 5.41) is 6.44. The third kappa shape index (κ3) is 4.13. The summed E-state index contributed by atoms with van der Waals surface area (Å²) in [7, 11) is 0. The fourth-order valence-corrected chi connectivity index (χ4v) is 2.22. The number of hydrogen-bond acceptors (Lipinski definition) is 6. The van der Waals surface area contributed by atoms with Crippen LogP contribution in [-0.2, 0) is 4.79 Å². The molecule has 2 aromatic carbocycles. The second-order valence-corrected chi connectivity index (χ2v) is 5.64. The maximum atomic E-state index is 12.2. The van der Waals surface area contributed by atoms with Crippen LogP contribution in [0, 0.1) is 6.92 Å². The zero-order valence-electron chi connectivity index (χ0n) is 14.3. The molecule has 0 bridgehead atoms. The van der Waals surface area contributed by atoms with Gasteiger partial charge >= 0.3 is 5.97 Å². The third-order valence-electron chi connectivity index (χ3n) is 3.60. The van der Waals surface area contributed by atoms with Crippen LogP contribution in [0.15, 0.2) is 59.1 Å². The second kappa shape index (κ2) is 7.60. The number of ether oxygens (including phenoxy) is 1. The van der Waals surface area contributed by atoms with E-state index < -0.39 is 12.0 Å². The van der Waals surface area contributed by atoms with Gasteiger partial charge in [-0.25, -0.2) is 4.79 Å². The SMILES string of the molecule is Cc1nc(-c2ccc(OC(=O)C(C)NC(=O)c3ccccc3)cc2)no1. The van der Waals surface area contributed by atoms with Gasteiger partial charge in [0.25, 0.3) is 5.91 Å². The number of nitrogens with zero attached hydrogens (tertiary/aromatic N) is 2. The van der Waals surface area contributed by atoms with Gasteiger partial charge in [0.1, 0.15) is 11.8 Å². The number of esters is 1. The van der Waals surface area contributed by atoms with Gasteiger partial charge < -0.3 is 14.6 Å². The summed E-state index contributed by atoms with van der Waals surface area (Å²) in [6, 6.07) is 14.6. The van der Waals surface area contributed by atoms with Gasteiger partial charge in [-0.3, -0.25) is 4.79 Å². The molecule has 0 saturated heterocycles. The molecule has 3 aromatic rings. The van der Waals surface area contributed by atoms with Gasteiger partial charge in [0, 0.05) is 18.1 Å². The van der Waals surface area contributed by atoms with Gasteiger partial charge in [-0.1, -0.05) is 23.4 Å². The summed E-state index contributed by atoms with van der Waals surface area (Å²) in [4.78, 5) is 28.4. The van der Waals surface area contributed by atoms with E-state index in [1.807, 2.05) is 6.07 Å². The van der Waals surface area contributed by atoms with Gasteiger partial charge in [-0.05, 0) is 43.3 Å². The number of aryl methyl sites for hydroxylation is 1. The predicted octanol–water partition coefficient (Wildman–Crippen LogP) is 2.77. The van der Waals surface area contributed by atoms with E-state index in [4.69, 9.17) is 9.26 Å². The molecule has 0 fully saturated rings. The molecule has 0 saturated carbocycles. The summed E-state index contributed by atoms with van der Waals surface area (Å²) in [5.41, 5.74) is 1.22. The predicted molar refractivity (Wildman–Crippen MR) is 93.5 cm³/mol. The highest BCUT2D eigenvalue weighted by Crippen LogP contribution is 2.20. The maximum absolute atomic E-state index is 12.2. The van der Waals surface area contributed by atoms with E-state index in [9.17, 15) is 9.59 Å². The Labute approximate surface area is 150 Å². The van der Waals surface area contributed by atoms with E-state index in [1.54, 1.807) is 62.4 Å². The zero-order chi connectivity index (χ0) is 18.5. The second-order valence-electron chi connectivity index (χ2n) is 5.64. The number of carbonyl (C=O) groups excluding carboxylic acids is 2. The molecule has 1 N–H and O–H groups in total. The molecular weight excluding hydrogens is 334 g/mol. The number of benzene rings is 2. The lowest BCUT2D eigenvalue weighted by molar-refractivity contribution is -0.136. The molecule has 1 aromatic heterocycles. The molecular formula is C19H17N3O4. The van der Waals surface area contributed by atoms with Crippen LogP contribution in [0.2, 0.25) is 0 Å². The zero-order valence-corrected chi connectivity index (χ0v) is 14.3. The van der Waals surface area contributed by atoms with Gasteiger partial charge in [0.2, 0.25) is 11.7 Å². The molecule has 1 amide bonds. The van der Waals surface area contributed by atoms with Crippen molar-refractivity contribution < 1.29 is 18.8 Å².